The number of aliphatic hydroxyl groups excluding tert-OH is 1. The molecule has 5 atom stereocenters. The van der Waals surface area contributed by atoms with Gasteiger partial charge >= 0.3 is 0 Å². The summed E-state index contributed by atoms with van der Waals surface area (Å²) in [6.45, 7) is 6.11. The largest absolute Gasteiger partial charge is 0.500 e. The number of aliphatic hydroxyl groups is 1. The minimum atomic E-state index is -0.860. The molecule has 3 heterocycles. The third-order valence-corrected chi connectivity index (χ3v) is 7.05. The van der Waals surface area contributed by atoms with Crippen LogP contribution in [0.15, 0.2) is 34.9 Å². The van der Waals surface area contributed by atoms with E-state index in [1.54, 1.807) is 19.4 Å². The standard InChI is InChI=1S/C26H31NO6/c1-15-8-16(2)13-27(12-15)24(29)10-19(17-4-5-21-23(9-17)33-14-32-21)25-20(28)11-22-18(6-7-31-22)26(25)30-3/h4-7,9,11,15-16,19-20,25,28H,8,10,12-14H2,1-3H3/t15?,16?,19?,20-,25?/m1/s1. The molecule has 7 heteroatoms. The molecule has 0 bridgehead atoms. The Bertz CT molecular complexity index is 1140. The molecule has 0 spiro atoms. The molecule has 1 aliphatic carbocycles. The van der Waals surface area contributed by atoms with E-state index in [2.05, 4.69) is 13.8 Å². The van der Waals surface area contributed by atoms with Crippen LogP contribution in [0.3, 0.4) is 0 Å². The predicted molar refractivity (Wildman–Crippen MR) is 122 cm³/mol. The number of carbonyl (C=O) groups is 1. The van der Waals surface area contributed by atoms with Crippen LogP contribution in [-0.2, 0) is 9.53 Å². The van der Waals surface area contributed by atoms with Gasteiger partial charge in [-0.3, -0.25) is 4.79 Å². The highest BCUT2D eigenvalue weighted by molar-refractivity contribution is 5.78. The SMILES string of the molecule is COC1=c2ccoc2=C[C@@H](O)C1C(CC(=O)N1CC(C)CC(C)C1)c1ccc2c(c1)OCO2. The molecule has 1 aromatic carbocycles. The van der Waals surface area contributed by atoms with Crippen LogP contribution in [0.2, 0.25) is 0 Å². The lowest BCUT2D eigenvalue weighted by molar-refractivity contribution is -0.134. The lowest BCUT2D eigenvalue weighted by atomic mass is 9.76. The van der Waals surface area contributed by atoms with Crippen molar-refractivity contribution in [2.75, 3.05) is 27.0 Å². The van der Waals surface area contributed by atoms with Crippen LogP contribution in [0.4, 0.5) is 0 Å². The van der Waals surface area contributed by atoms with Crippen LogP contribution < -0.4 is 20.1 Å². The molecule has 176 valence electrons. The fourth-order valence-corrected chi connectivity index (χ4v) is 5.69. The van der Waals surface area contributed by atoms with Crippen LogP contribution in [-0.4, -0.2) is 49.0 Å². The number of carbonyl (C=O) groups excluding carboxylic acids is 1. The topological polar surface area (TPSA) is 81.4 Å². The van der Waals surface area contributed by atoms with Gasteiger partial charge in [0.2, 0.25) is 12.7 Å². The van der Waals surface area contributed by atoms with Crippen molar-refractivity contribution in [3.05, 3.63) is 46.7 Å². The molecule has 4 unspecified atom stereocenters. The van der Waals surface area contributed by atoms with Gasteiger partial charge < -0.3 is 28.6 Å². The number of fused-ring (bicyclic) bond motifs is 2. The normalized spacial score (nSPS) is 27.0. The van der Waals surface area contributed by atoms with Gasteiger partial charge in [-0.15, -0.1) is 0 Å². The van der Waals surface area contributed by atoms with E-state index in [1.165, 1.54) is 0 Å². The highest BCUT2D eigenvalue weighted by Gasteiger charge is 2.39. The van der Waals surface area contributed by atoms with Gasteiger partial charge in [-0.25, -0.2) is 0 Å². The Kier molecular flexibility index (Phi) is 5.83. The van der Waals surface area contributed by atoms with E-state index < -0.39 is 12.0 Å². The predicted octanol–water partition coefficient (Wildman–Crippen LogP) is 2.21. The van der Waals surface area contributed by atoms with E-state index in [-0.39, 0.29) is 25.0 Å². The second kappa shape index (κ2) is 8.78. The summed E-state index contributed by atoms with van der Waals surface area (Å²) < 4.78 is 22.4. The van der Waals surface area contributed by atoms with Crippen molar-refractivity contribution in [3.8, 4) is 11.5 Å². The summed E-state index contributed by atoms with van der Waals surface area (Å²) in [5, 5.41) is 12.0. The molecule has 1 aromatic heterocycles. The maximum atomic E-state index is 13.6. The average Bonchev–Trinajstić information content (AvgIpc) is 3.44. The number of rotatable bonds is 5. The Morgan fingerprint density at radius 1 is 1.18 bits per heavy atom. The number of furan rings is 1. The number of nitrogens with zero attached hydrogens (tertiary/aromatic N) is 1. The zero-order valence-electron chi connectivity index (χ0n) is 19.3. The van der Waals surface area contributed by atoms with Gasteiger partial charge in [0.15, 0.2) is 11.5 Å². The third-order valence-electron chi connectivity index (χ3n) is 7.05. The number of amides is 1. The van der Waals surface area contributed by atoms with Crippen LogP contribution >= 0.6 is 0 Å². The summed E-state index contributed by atoms with van der Waals surface area (Å²) in [4.78, 5) is 15.5. The summed E-state index contributed by atoms with van der Waals surface area (Å²) in [7, 11) is 1.60. The van der Waals surface area contributed by atoms with Crippen molar-refractivity contribution < 1.29 is 28.5 Å². The van der Waals surface area contributed by atoms with E-state index in [4.69, 9.17) is 18.6 Å². The molecule has 0 saturated carbocycles. The van der Waals surface area contributed by atoms with Gasteiger partial charge in [0, 0.05) is 25.4 Å². The second-order valence-corrected chi connectivity index (χ2v) is 9.62. The zero-order valence-corrected chi connectivity index (χ0v) is 19.3. The van der Waals surface area contributed by atoms with E-state index in [0.717, 1.165) is 30.3 Å². The molecule has 2 aromatic rings. The number of methoxy groups -OCH3 is 1. The first-order valence-corrected chi connectivity index (χ1v) is 11.6. The number of benzene rings is 1. The summed E-state index contributed by atoms with van der Waals surface area (Å²) in [6, 6.07) is 7.59. The maximum Gasteiger partial charge on any atom is 0.231 e. The fraction of sp³-hybridized carbons (Fsp3) is 0.500. The lowest BCUT2D eigenvalue weighted by Gasteiger charge is -2.37. The molecule has 0 radical (unpaired) electrons. The van der Waals surface area contributed by atoms with E-state index in [1.807, 2.05) is 29.2 Å². The molecule has 1 fully saturated rings. The lowest BCUT2D eigenvalue weighted by Crippen LogP contribution is -2.45. The number of ether oxygens (including phenoxy) is 3. The monoisotopic (exact) mass is 453 g/mol. The molecule has 2 aliphatic heterocycles. The first kappa shape index (κ1) is 21.9. The first-order valence-electron chi connectivity index (χ1n) is 11.6. The van der Waals surface area contributed by atoms with E-state index >= 15 is 0 Å². The van der Waals surface area contributed by atoms with Gasteiger partial charge in [0.25, 0.3) is 0 Å². The summed E-state index contributed by atoms with van der Waals surface area (Å²) in [6.07, 6.45) is 3.83. The van der Waals surface area contributed by atoms with Crippen molar-refractivity contribution in [1.29, 1.82) is 0 Å². The minimum absolute atomic E-state index is 0.0942. The van der Waals surface area contributed by atoms with E-state index in [9.17, 15) is 9.90 Å². The van der Waals surface area contributed by atoms with Crippen LogP contribution in [0.25, 0.3) is 11.8 Å². The number of hydrogen-bond acceptors (Lipinski definition) is 6. The molecular formula is C26H31NO6. The maximum absolute atomic E-state index is 13.6. The van der Waals surface area contributed by atoms with Crippen molar-refractivity contribution in [2.45, 2.75) is 38.7 Å². The van der Waals surface area contributed by atoms with Gasteiger partial charge in [0.1, 0.15) is 11.2 Å². The van der Waals surface area contributed by atoms with E-state index in [0.29, 0.717) is 34.5 Å². The van der Waals surface area contributed by atoms with Gasteiger partial charge in [-0.2, -0.15) is 0 Å². The molecular weight excluding hydrogens is 422 g/mol. The highest BCUT2D eigenvalue weighted by atomic mass is 16.7. The Morgan fingerprint density at radius 2 is 1.94 bits per heavy atom. The molecule has 3 aliphatic rings. The molecule has 1 N–H and O–H groups in total. The molecule has 33 heavy (non-hydrogen) atoms. The number of hydrogen-bond donors (Lipinski definition) is 1. The zero-order chi connectivity index (χ0) is 23.1. The summed E-state index contributed by atoms with van der Waals surface area (Å²) in [5.41, 5.74) is 1.50. The van der Waals surface area contributed by atoms with Gasteiger partial charge in [-0.1, -0.05) is 19.9 Å². The number of piperidine rings is 1. The van der Waals surface area contributed by atoms with Gasteiger partial charge in [0.05, 0.1) is 30.6 Å². The first-order chi connectivity index (χ1) is 15.9. The van der Waals surface area contributed by atoms with Crippen LogP contribution in [0.1, 0.15) is 38.2 Å². The Balaban J connectivity index is 1.54. The fourth-order valence-electron chi connectivity index (χ4n) is 5.69. The Hall–Kier alpha value is -2.93. The average molecular weight is 454 g/mol. The third kappa shape index (κ3) is 4.10. The van der Waals surface area contributed by atoms with Crippen molar-refractivity contribution in [3.63, 3.8) is 0 Å². The number of likely N-dealkylation sites (tertiary alicyclic amines) is 1. The molecule has 1 saturated heterocycles. The quantitative estimate of drug-likeness (QED) is 0.748. The van der Waals surface area contributed by atoms with Crippen molar-refractivity contribution in [1.82, 2.24) is 4.90 Å². The molecule has 5 rings (SSSR count). The second-order valence-electron chi connectivity index (χ2n) is 9.62. The minimum Gasteiger partial charge on any atom is -0.500 e. The Morgan fingerprint density at radius 3 is 2.70 bits per heavy atom. The summed E-state index contributed by atoms with van der Waals surface area (Å²) >= 11 is 0. The van der Waals surface area contributed by atoms with Crippen molar-refractivity contribution >= 4 is 17.7 Å². The van der Waals surface area contributed by atoms with Crippen LogP contribution in [0, 0.1) is 17.8 Å². The highest BCUT2D eigenvalue weighted by Crippen LogP contribution is 2.42. The molecule has 1 amide bonds. The Labute approximate surface area is 193 Å². The van der Waals surface area contributed by atoms with Crippen molar-refractivity contribution in [2.24, 2.45) is 17.8 Å². The molecule has 7 nitrogen and oxygen atoms in total. The smallest absolute Gasteiger partial charge is 0.231 e. The van der Waals surface area contributed by atoms with Crippen LogP contribution in [0.5, 0.6) is 11.5 Å². The van der Waals surface area contributed by atoms with Gasteiger partial charge in [-0.05, 0) is 48.1 Å². The summed E-state index contributed by atoms with van der Waals surface area (Å²) in [5.74, 6) is 2.26.